The van der Waals surface area contributed by atoms with E-state index >= 15 is 0 Å². The van der Waals surface area contributed by atoms with Crippen LogP contribution in [0.3, 0.4) is 0 Å². The third kappa shape index (κ3) is 4.19. The third-order valence-electron chi connectivity index (χ3n) is 16.4. The number of allylic oxidation sites excluding steroid dienone is 2. The Hall–Kier alpha value is -0.990. The molecule has 14 atom stereocenters. The number of alkyl halides is 1. The SMILES string of the molecule is CC1C=C[C@@]2(C)C(CC[C@@H]3[C@H]2CC[C@]2(C)C(=O)CC[C@@H]32)C1.C[C@]12CCCCC1CC[C@@H]1[C@H]2CC[C@]2(C)C(=O)C(F)C[C@@H]12. The Morgan fingerprint density at radius 2 is 1.38 bits per heavy atom. The molecule has 0 bridgehead atoms. The van der Waals surface area contributed by atoms with Gasteiger partial charge < -0.3 is 0 Å². The molecule has 4 unspecified atom stereocenters. The molecule has 0 spiro atoms. The van der Waals surface area contributed by atoms with E-state index in [4.69, 9.17) is 0 Å². The van der Waals surface area contributed by atoms with Crippen LogP contribution in [0.15, 0.2) is 12.2 Å². The quantitative estimate of drug-likeness (QED) is 0.268. The summed E-state index contributed by atoms with van der Waals surface area (Å²) in [7, 11) is 0. The highest BCUT2D eigenvalue weighted by Gasteiger charge is 2.62. The van der Waals surface area contributed by atoms with E-state index in [1.807, 2.05) is 0 Å². The van der Waals surface area contributed by atoms with Crippen molar-refractivity contribution in [2.75, 3.05) is 0 Å². The van der Waals surface area contributed by atoms with E-state index in [2.05, 4.69) is 46.8 Å². The first-order valence-electron chi connectivity index (χ1n) is 18.3. The molecule has 0 N–H and O–H groups in total. The number of fused-ring (bicyclic) bond motifs is 10. The molecule has 3 heteroatoms. The molecule has 2 nitrogen and oxygen atoms in total. The van der Waals surface area contributed by atoms with E-state index in [-0.39, 0.29) is 16.6 Å². The predicted octanol–water partition coefficient (Wildman–Crippen LogP) is 9.95. The Balaban J connectivity index is 0.000000137. The Bertz CT molecular complexity index is 1130. The van der Waals surface area contributed by atoms with Crippen molar-refractivity contribution in [3.63, 3.8) is 0 Å². The number of hydrogen-bond acceptors (Lipinski definition) is 2. The topological polar surface area (TPSA) is 34.1 Å². The van der Waals surface area contributed by atoms with Gasteiger partial charge in [0.05, 0.1) is 0 Å². The molecule has 8 aliphatic rings. The second-order valence-electron chi connectivity index (χ2n) is 17.9. The van der Waals surface area contributed by atoms with Crippen molar-refractivity contribution in [2.24, 2.45) is 74.9 Å². The maximum Gasteiger partial charge on any atom is 0.173 e. The van der Waals surface area contributed by atoms with Crippen molar-refractivity contribution in [2.45, 2.75) is 144 Å². The molecular formula is C39H59FO2. The van der Waals surface area contributed by atoms with Crippen LogP contribution in [0.5, 0.6) is 0 Å². The first-order valence-corrected chi connectivity index (χ1v) is 18.3. The first kappa shape index (κ1) is 29.7. The lowest BCUT2D eigenvalue weighted by Crippen LogP contribution is -2.52. The average Bonchev–Trinajstić information content (AvgIpc) is 3.40. The van der Waals surface area contributed by atoms with Gasteiger partial charge in [-0.1, -0.05) is 59.6 Å². The highest BCUT2D eigenvalue weighted by atomic mass is 19.1. The van der Waals surface area contributed by atoms with Crippen LogP contribution in [0.25, 0.3) is 0 Å². The summed E-state index contributed by atoms with van der Waals surface area (Å²) in [6.07, 6.45) is 23.3. The zero-order valence-electron chi connectivity index (χ0n) is 27.4. The van der Waals surface area contributed by atoms with Crippen molar-refractivity contribution >= 4 is 11.6 Å². The van der Waals surface area contributed by atoms with Gasteiger partial charge in [0.2, 0.25) is 0 Å². The van der Waals surface area contributed by atoms with Gasteiger partial charge >= 0.3 is 0 Å². The highest BCUT2D eigenvalue weighted by Crippen LogP contribution is 2.66. The van der Waals surface area contributed by atoms with Crippen LogP contribution < -0.4 is 0 Å². The lowest BCUT2D eigenvalue weighted by molar-refractivity contribution is -0.140. The van der Waals surface area contributed by atoms with E-state index in [1.54, 1.807) is 0 Å². The summed E-state index contributed by atoms with van der Waals surface area (Å²) in [5.74, 6) is 7.11. The van der Waals surface area contributed by atoms with Crippen LogP contribution in [-0.2, 0) is 9.59 Å². The highest BCUT2D eigenvalue weighted by molar-refractivity contribution is 5.91. The van der Waals surface area contributed by atoms with Crippen LogP contribution in [0.2, 0.25) is 0 Å². The summed E-state index contributed by atoms with van der Waals surface area (Å²) in [4.78, 5) is 24.7. The van der Waals surface area contributed by atoms with Gasteiger partial charge in [-0.3, -0.25) is 9.59 Å². The Morgan fingerprint density at radius 3 is 2.17 bits per heavy atom. The summed E-state index contributed by atoms with van der Waals surface area (Å²) in [5, 5.41) is 0. The molecule has 8 aliphatic carbocycles. The number of carbonyl (C=O) groups is 2. The van der Waals surface area contributed by atoms with Crippen LogP contribution in [-0.4, -0.2) is 17.7 Å². The normalized spacial score (nSPS) is 56.1. The summed E-state index contributed by atoms with van der Waals surface area (Å²) < 4.78 is 14.1. The number of rotatable bonds is 0. The molecular weight excluding hydrogens is 519 g/mol. The molecule has 0 heterocycles. The smallest absolute Gasteiger partial charge is 0.173 e. The fourth-order valence-electron chi connectivity index (χ4n) is 13.8. The maximum absolute atomic E-state index is 14.1. The average molecular weight is 579 g/mol. The zero-order chi connectivity index (χ0) is 29.7. The van der Waals surface area contributed by atoms with E-state index in [0.29, 0.717) is 40.8 Å². The molecule has 234 valence electrons. The maximum atomic E-state index is 14.1. The lowest BCUT2D eigenvalue weighted by atomic mass is 9.45. The van der Waals surface area contributed by atoms with Gasteiger partial charge in [0, 0.05) is 17.3 Å². The number of ketones is 2. The van der Waals surface area contributed by atoms with E-state index < -0.39 is 6.17 Å². The third-order valence-corrected chi connectivity index (χ3v) is 16.4. The fraction of sp³-hybridized carbons (Fsp3) is 0.897. The minimum atomic E-state index is -1.17. The molecule has 0 saturated heterocycles. The molecule has 0 aromatic heterocycles. The van der Waals surface area contributed by atoms with Crippen molar-refractivity contribution in [1.29, 1.82) is 0 Å². The minimum Gasteiger partial charge on any atom is -0.299 e. The number of carbonyl (C=O) groups excluding carboxylic acids is 2. The minimum absolute atomic E-state index is 0.0377. The van der Waals surface area contributed by atoms with Gasteiger partial charge in [0.25, 0.3) is 0 Å². The Labute approximate surface area is 255 Å². The Kier molecular flexibility index (Phi) is 7.26. The fourth-order valence-corrected chi connectivity index (χ4v) is 13.8. The second kappa shape index (κ2) is 10.3. The van der Waals surface area contributed by atoms with Crippen molar-refractivity contribution < 1.29 is 14.0 Å². The summed E-state index contributed by atoms with van der Waals surface area (Å²) >= 11 is 0. The molecule has 0 aromatic carbocycles. The summed E-state index contributed by atoms with van der Waals surface area (Å²) in [6.45, 7) is 11.8. The van der Waals surface area contributed by atoms with E-state index in [0.717, 1.165) is 54.8 Å². The molecule has 7 fully saturated rings. The van der Waals surface area contributed by atoms with Crippen LogP contribution >= 0.6 is 0 Å². The molecule has 0 radical (unpaired) electrons. The first-order chi connectivity index (χ1) is 19.9. The number of Topliss-reactive ketones (excluding diaryl/α,β-unsaturated/α-hetero) is 2. The van der Waals surface area contributed by atoms with E-state index in [1.165, 1.54) is 77.0 Å². The molecule has 42 heavy (non-hydrogen) atoms. The molecule has 7 saturated carbocycles. The predicted molar refractivity (Wildman–Crippen MR) is 167 cm³/mol. The standard InChI is InChI=1S/C20H30O.C19H29FO/c1-13-8-10-19(2)14(12-13)4-5-15-16-6-7-18(21)20(16,3)11-9-17(15)19;1-18-9-4-3-5-12(18)6-7-13-14(18)8-10-19(2)15(13)11-16(20)17(19)21/h8,10,13-17H,4-7,9,11-12H2,1-3H3;12-16H,3-11H2,1-2H3/t13?,14?,15-,16-,17+,19-,20-;12?,13-,14-,15+,16?,18+,19+/m01/s1. The van der Waals surface area contributed by atoms with Gasteiger partial charge in [-0.05, 0) is 148 Å². The molecule has 8 rings (SSSR count). The van der Waals surface area contributed by atoms with Gasteiger partial charge in [0.15, 0.2) is 12.0 Å². The summed E-state index contributed by atoms with van der Waals surface area (Å²) in [6, 6.07) is 0. The van der Waals surface area contributed by atoms with Crippen LogP contribution in [0.1, 0.15) is 137 Å². The number of hydrogen-bond donors (Lipinski definition) is 0. The Morgan fingerprint density at radius 1 is 0.690 bits per heavy atom. The molecule has 0 aromatic rings. The molecule has 0 aliphatic heterocycles. The number of halogens is 1. The van der Waals surface area contributed by atoms with Crippen molar-refractivity contribution in [3.8, 4) is 0 Å². The zero-order valence-corrected chi connectivity index (χ0v) is 27.4. The van der Waals surface area contributed by atoms with Crippen molar-refractivity contribution in [3.05, 3.63) is 12.2 Å². The van der Waals surface area contributed by atoms with Crippen LogP contribution in [0.4, 0.5) is 4.39 Å². The van der Waals surface area contributed by atoms with Crippen molar-refractivity contribution in [1.82, 2.24) is 0 Å². The van der Waals surface area contributed by atoms with Crippen LogP contribution in [0, 0.1) is 74.9 Å². The second-order valence-corrected chi connectivity index (χ2v) is 17.9. The summed E-state index contributed by atoms with van der Waals surface area (Å²) in [5.41, 5.74) is 0.608. The molecule has 0 amide bonds. The van der Waals surface area contributed by atoms with Gasteiger partial charge in [-0.2, -0.15) is 0 Å². The largest absolute Gasteiger partial charge is 0.299 e. The monoisotopic (exact) mass is 578 g/mol. The lowest BCUT2D eigenvalue weighted by Gasteiger charge is -2.59. The van der Waals surface area contributed by atoms with E-state index in [9.17, 15) is 14.0 Å². The van der Waals surface area contributed by atoms with Gasteiger partial charge in [-0.25, -0.2) is 4.39 Å². The van der Waals surface area contributed by atoms with Gasteiger partial charge in [0.1, 0.15) is 5.78 Å². The van der Waals surface area contributed by atoms with Gasteiger partial charge in [-0.15, -0.1) is 0 Å².